The van der Waals surface area contributed by atoms with Gasteiger partial charge in [0.25, 0.3) is 5.91 Å². The predicted octanol–water partition coefficient (Wildman–Crippen LogP) is 6.98. The minimum absolute atomic E-state index is 0.107. The molecule has 0 bridgehead atoms. The molecule has 0 radical (unpaired) electrons. The van der Waals surface area contributed by atoms with Crippen LogP contribution in [0.3, 0.4) is 0 Å². The fourth-order valence-electron chi connectivity index (χ4n) is 5.86. The first kappa shape index (κ1) is 29.5. The van der Waals surface area contributed by atoms with Crippen molar-refractivity contribution < 1.29 is 9.18 Å². The van der Waals surface area contributed by atoms with Crippen molar-refractivity contribution in [1.82, 2.24) is 14.9 Å². The highest BCUT2D eigenvalue weighted by Crippen LogP contribution is 2.28. The number of nitrogens with zero attached hydrogens (tertiary/aromatic N) is 5. The molecule has 3 heterocycles. The summed E-state index contributed by atoms with van der Waals surface area (Å²) in [6.07, 6.45) is 3.16. The fourth-order valence-corrected chi connectivity index (χ4v) is 6.90. The number of anilines is 2. The lowest BCUT2D eigenvalue weighted by Gasteiger charge is -2.36. The van der Waals surface area contributed by atoms with Crippen LogP contribution in [0, 0.1) is 11.7 Å². The van der Waals surface area contributed by atoms with Crippen molar-refractivity contribution >= 4 is 40.8 Å². The van der Waals surface area contributed by atoms with Gasteiger partial charge in [-0.25, -0.2) is 14.4 Å². The first-order chi connectivity index (χ1) is 21.0. The van der Waals surface area contributed by atoms with Gasteiger partial charge in [-0.3, -0.25) is 4.79 Å². The molecule has 6 nitrogen and oxygen atoms in total. The molecule has 0 N–H and O–H groups in total. The highest BCUT2D eigenvalue weighted by Gasteiger charge is 2.24. The standard InChI is InChI=1S/C34H35ClFN5OS/c35-31-23-32(40-20-18-39(19-21-40)30-9-5-4-8-29(30)36)38-34(37-31)43-24-27-10-12-28(13-11-27)33(42)41-16-14-26(15-17-41)22-25-6-2-1-3-7-25/h1-13,23,26H,14-22,24H2. The quantitative estimate of drug-likeness (QED) is 0.121. The Balaban J connectivity index is 0.997. The third-order valence-electron chi connectivity index (χ3n) is 8.30. The van der Waals surface area contributed by atoms with E-state index in [2.05, 4.69) is 45.1 Å². The third kappa shape index (κ3) is 7.48. The van der Waals surface area contributed by atoms with Gasteiger partial charge in [0.2, 0.25) is 0 Å². The molecule has 3 aromatic carbocycles. The maximum atomic E-state index is 14.2. The molecule has 1 aromatic heterocycles. The molecule has 2 aliphatic rings. The van der Waals surface area contributed by atoms with Gasteiger partial charge in [-0.1, -0.05) is 78.0 Å². The van der Waals surface area contributed by atoms with Crippen LogP contribution in [-0.4, -0.2) is 60.0 Å². The molecule has 9 heteroatoms. The van der Waals surface area contributed by atoms with Gasteiger partial charge in [0.05, 0.1) is 5.69 Å². The number of carbonyl (C=O) groups excluding carboxylic acids is 1. The number of para-hydroxylation sites is 1. The Bertz CT molecular complexity index is 1520. The molecule has 1 amide bonds. The first-order valence-electron chi connectivity index (χ1n) is 14.9. The number of halogens is 2. The van der Waals surface area contributed by atoms with Gasteiger partial charge in [-0.05, 0) is 60.6 Å². The van der Waals surface area contributed by atoms with Gasteiger partial charge in [0.1, 0.15) is 16.8 Å². The molecule has 2 fully saturated rings. The number of hydrogen-bond acceptors (Lipinski definition) is 6. The lowest BCUT2D eigenvalue weighted by molar-refractivity contribution is 0.0690. The minimum atomic E-state index is -0.198. The number of hydrogen-bond donors (Lipinski definition) is 0. The topological polar surface area (TPSA) is 52.6 Å². The van der Waals surface area contributed by atoms with Crippen LogP contribution >= 0.6 is 23.4 Å². The van der Waals surface area contributed by atoms with Crippen molar-refractivity contribution in [2.24, 2.45) is 5.92 Å². The molecule has 0 atom stereocenters. The Hall–Kier alpha value is -3.62. The van der Waals surface area contributed by atoms with Crippen molar-refractivity contribution in [1.29, 1.82) is 0 Å². The number of piperazine rings is 1. The van der Waals surface area contributed by atoms with Gasteiger partial charge >= 0.3 is 0 Å². The molecular formula is C34H35ClFN5OS. The van der Waals surface area contributed by atoms with E-state index in [4.69, 9.17) is 16.6 Å². The molecule has 6 rings (SSSR count). The lowest BCUT2D eigenvalue weighted by Crippen LogP contribution is -2.47. The summed E-state index contributed by atoms with van der Waals surface area (Å²) in [6.45, 7) is 4.43. The van der Waals surface area contributed by atoms with Crippen molar-refractivity contribution in [2.75, 3.05) is 49.1 Å². The highest BCUT2D eigenvalue weighted by molar-refractivity contribution is 7.98. The van der Waals surface area contributed by atoms with E-state index in [0.29, 0.717) is 53.8 Å². The second kappa shape index (κ2) is 13.8. The Morgan fingerprint density at radius 1 is 0.814 bits per heavy atom. The number of thioether (sulfide) groups is 1. The van der Waals surface area contributed by atoms with Crippen LogP contribution in [0.1, 0.15) is 34.3 Å². The maximum Gasteiger partial charge on any atom is 0.253 e. The lowest BCUT2D eigenvalue weighted by atomic mass is 9.90. The van der Waals surface area contributed by atoms with Crippen molar-refractivity contribution in [2.45, 2.75) is 30.2 Å². The summed E-state index contributed by atoms with van der Waals surface area (Å²) < 4.78 is 14.2. The molecule has 0 unspecified atom stereocenters. The Labute approximate surface area is 261 Å². The van der Waals surface area contributed by atoms with E-state index >= 15 is 0 Å². The van der Waals surface area contributed by atoms with E-state index in [0.717, 1.165) is 49.3 Å². The molecule has 43 heavy (non-hydrogen) atoms. The average Bonchev–Trinajstić information content (AvgIpc) is 3.05. The number of carbonyl (C=O) groups is 1. The largest absolute Gasteiger partial charge is 0.366 e. The summed E-state index contributed by atoms with van der Waals surface area (Å²) in [5, 5.41) is 1.01. The summed E-state index contributed by atoms with van der Waals surface area (Å²) in [5.74, 6) is 1.99. The van der Waals surface area contributed by atoms with Crippen LogP contribution in [-0.2, 0) is 12.2 Å². The Kier molecular flexibility index (Phi) is 9.44. The van der Waals surface area contributed by atoms with Crippen LogP contribution < -0.4 is 9.80 Å². The number of amides is 1. The zero-order valence-electron chi connectivity index (χ0n) is 24.0. The highest BCUT2D eigenvalue weighted by atomic mass is 35.5. The summed E-state index contributed by atoms with van der Waals surface area (Å²) in [7, 11) is 0. The minimum Gasteiger partial charge on any atom is -0.366 e. The van der Waals surface area contributed by atoms with E-state index in [1.165, 1.54) is 23.4 Å². The van der Waals surface area contributed by atoms with Crippen LogP contribution in [0.15, 0.2) is 90.1 Å². The smallest absolute Gasteiger partial charge is 0.253 e. The summed E-state index contributed by atoms with van der Waals surface area (Å²) in [6, 6.07) is 27.2. The monoisotopic (exact) mass is 615 g/mol. The first-order valence-corrected chi connectivity index (χ1v) is 16.2. The van der Waals surface area contributed by atoms with Gasteiger partial charge in [0, 0.05) is 56.7 Å². The number of rotatable bonds is 8. The second-order valence-corrected chi connectivity index (χ2v) is 12.5. The van der Waals surface area contributed by atoms with E-state index in [1.54, 1.807) is 12.1 Å². The third-order valence-corrected chi connectivity index (χ3v) is 9.41. The Morgan fingerprint density at radius 3 is 2.21 bits per heavy atom. The molecule has 0 spiro atoms. The molecule has 0 aliphatic carbocycles. The van der Waals surface area contributed by atoms with Crippen LogP contribution in [0.5, 0.6) is 0 Å². The number of piperidine rings is 1. The maximum absolute atomic E-state index is 14.2. The average molecular weight is 616 g/mol. The predicted molar refractivity (Wildman–Crippen MR) is 173 cm³/mol. The van der Waals surface area contributed by atoms with Crippen molar-refractivity contribution in [3.63, 3.8) is 0 Å². The number of likely N-dealkylation sites (tertiary alicyclic amines) is 1. The molecule has 2 aliphatic heterocycles. The molecule has 0 saturated carbocycles. The van der Waals surface area contributed by atoms with Gasteiger partial charge in [0.15, 0.2) is 5.16 Å². The van der Waals surface area contributed by atoms with E-state index in [-0.39, 0.29) is 11.7 Å². The zero-order chi connectivity index (χ0) is 29.6. The van der Waals surface area contributed by atoms with Crippen LogP contribution in [0.25, 0.3) is 0 Å². The molecule has 4 aromatic rings. The normalized spacial score (nSPS) is 16.0. The molecule has 222 valence electrons. The van der Waals surface area contributed by atoms with Gasteiger partial charge < -0.3 is 14.7 Å². The second-order valence-electron chi connectivity index (χ2n) is 11.2. The van der Waals surface area contributed by atoms with Crippen LogP contribution in [0.2, 0.25) is 5.15 Å². The SMILES string of the molecule is O=C(c1ccc(CSc2nc(Cl)cc(N3CCN(c4ccccc4F)CC3)n2)cc1)N1CCC(Cc2ccccc2)CC1. The Morgan fingerprint density at radius 2 is 1.49 bits per heavy atom. The van der Waals surface area contributed by atoms with Gasteiger partial charge in [-0.15, -0.1) is 0 Å². The summed E-state index contributed by atoms with van der Waals surface area (Å²) >= 11 is 7.90. The molecule has 2 saturated heterocycles. The van der Waals surface area contributed by atoms with Crippen molar-refractivity contribution in [3.05, 3.63) is 113 Å². The van der Waals surface area contributed by atoms with E-state index < -0.39 is 0 Å². The molecular weight excluding hydrogens is 581 g/mol. The van der Waals surface area contributed by atoms with E-state index in [9.17, 15) is 9.18 Å². The summed E-state index contributed by atoms with van der Waals surface area (Å²) in [4.78, 5) is 28.6. The summed E-state index contributed by atoms with van der Waals surface area (Å²) in [5.41, 5.74) is 3.83. The van der Waals surface area contributed by atoms with Crippen molar-refractivity contribution in [3.8, 4) is 0 Å². The van der Waals surface area contributed by atoms with E-state index in [1.807, 2.05) is 41.3 Å². The zero-order valence-corrected chi connectivity index (χ0v) is 25.6. The fraction of sp³-hybridized carbons (Fsp3) is 0.324. The number of aromatic nitrogens is 2. The number of benzene rings is 3. The van der Waals surface area contributed by atoms with Crippen LogP contribution in [0.4, 0.5) is 15.9 Å². The van der Waals surface area contributed by atoms with Gasteiger partial charge in [-0.2, -0.15) is 0 Å².